The summed E-state index contributed by atoms with van der Waals surface area (Å²) in [5, 5.41) is 7.10. The van der Waals surface area contributed by atoms with E-state index in [9.17, 15) is 22.8 Å². The number of amides is 3. The third kappa shape index (κ3) is 15.6. The van der Waals surface area contributed by atoms with Gasteiger partial charge in [0.05, 0.1) is 70.0 Å². The molecule has 3 N–H and O–H groups in total. The van der Waals surface area contributed by atoms with Crippen molar-refractivity contribution in [2.24, 2.45) is 0 Å². The number of aromatic nitrogens is 1. The predicted octanol–water partition coefficient (Wildman–Crippen LogP) is 5.64. The van der Waals surface area contributed by atoms with Gasteiger partial charge in [-0.15, -0.1) is 6.42 Å². The van der Waals surface area contributed by atoms with Crippen LogP contribution in [0.25, 0.3) is 0 Å². The number of nitrogens with zero attached hydrogens (tertiary/aromatic N) is 1. The summed E-state index contributed by atoms with van der Waals surface area (Å²) < 4.78 is 71.7. The highest BCUT2D eigenvalue weighted by molar-refractivity contribution is 6.31. The first kappa shape index (κ1) is 39.0. The first-order valence-corrected chi connectivity index (χ1v) is 15.3. The van der Waals surface area contributed by atoms with Crippen molar-refractivity contribution in [2.75, 3.05) is 83.2 Å². The zero-order valence-corrected chi connectivity index (χ0v) is 27.1. The minimum atomic E-state index is -4.67. The van der Waals surface area contributed by atoms with Crippen LogP contribution in [0, 0.1) is 12.3 Å². The van der Waals surface area contributed by atoms with Crippen molar-refractivity contribution in [1.29, 1.82) is 0 Å². The number of nitrogens with one attached hydrogen (secondary N) is 3. The van der Waals surface area contributed by atoms with E-state index in [1.54, 1.807) is 18.2 Å². The highest BCUT2D eigenvalue weighted by atomic mass is 35.5. The summed E-state index contributed by atoms with van der Waals surface area (Å²) in [6, 6.07) is 11.5. The van der Waals surface area contributed by atoms with Crippen LogP contribution < -0.4 is 20.7 Å². The number of halogens is 4. The maximum Gasteiger partial charge on any atom is 0.417 e. The Kier molecular flexibility index (Phi) is 17.1. The molecule has 1 aromatic heterocycles. The van der Waals surface area contributed by atoms with E-state index in [0.717, 1.165) is 12.1 Å². The maximum atomic E-state index is 13.1. The molecule has 0 radical (unpaired) electrons. The van der Waals surface area contributed by atoms with Gasteiger partial charge in [-0.2, -0.15) is 13.2 Å². The van der Waals surface area contributed by atoms with Crippen molar-refractivity contribution in [3.05, 3.63) is 77.1 Å². The Hall–Kier alpha value is -4.43. The molecule has 49 heavy (non-hydrogen) atoms. The van der Waals surface area contributed by atoms with E-state index in [1.807, 2.05) is 0 Å². The Morgan fingerprint density at radius 1 is 0.755 bits per heavy atom. The summed E-state index contributed by atoms with van der Waals surface area (Å²) in [6.07, 6.45) is 1.83. The average molecular weight is 709 g/mol. The molecule has 0 aliphatic rings. The minimum absolute atomic E-state index is 0.0826. The van der Waals surface area contributed by atoms with Crippen LogP contribution in [0.4, 0.5) is 29.3 Å². The number of alkyl halides is 3. The van der Waals surface area contributed by atoms with Gasteiger partial charge >= 0.3 is 12.2 Å². The van der Waals surface area contributed by atoms with Crippen molar-refractivity contribution in [3.63, 3.8) is 0 Å². The lowest BCUT2D eigenvalue weighted by Crippen LogP contribution is -2.28. The van der Waals surface area contributed by atoms with Crippen molar-refractivity contribution in [2.45, 2.75) is 6.18 Å². The molecule has 0 aliphatic heterocycles. The lowest BCUT2D eigenvalue weighted by atomic mass is 10.2. The molecule has 0 bridgehead atoms. The van der Waals surface area contributed by atoms with Gasteiger partial charge in [-0.1, -0.05) is 17.5 Å². The van der Waals surface area contributed by atoms with Gasteiger partial charge in [-0.25, -0.2) is 4.79 Å². The van der Waals surface area contributed by atoms with Gasteiger partial charge in [0.1, 0.15) is 23.8 Å². The van der Waals surface area contributed by atoms with Crippen LogP contribution in [-0.2, 0) is 29.9 Å². The Labute approximate surface area is 286 Å². The molecule has 2 aromatic carbocycles. The Balaban J connectivity index is 1.28. The first-order valence-electron chi connectivity index (χ1n) is 14.9. The predicted molar refractivity (Wildman–Crippen MR) is 175 cm³/mol. The third-order valence-corrected chi connectivity index (χ3v) is 6.38. The molecular formula is C33H36ClF3N4O8. The fourth-order valence-corrected chi connectivity index (χ4v) is 4.02. The van der Waals surface area contributed by atoms with Crippen LogP contribution in [0.2, 0.25) is 5.02 Å². The van der Waals surface area contributed by atoms with Crippen molar-refractivity contribution in [3.8, 4) is 23.8 Å². The number of rotatable bonds is 21. The van der Waals surface area contributed by atoms with E-state index >= 15 is 0 Å². The van der Waals surface area contributed by atoms with E-state index in [1.165, 1.54) is 30.5 Å². The normalized spacial score (nSPS) is 11.1. The maximum absolute atomic E-state index is 13.1. The number of terminal acetylenes is 1. The lowest BCUT2D eigenvalue weighted by molar-refractivity contribution is -0.137. The molecule has 0 saturated heterocycles. The average Bonchev–Trinajstić information content (AvgIpc) is 3.07. The number of benzene rings is 2. The summed E-state index contributed by atoms with van der Waals surface area (Å²) in [5.74, 6) is 2.70. The molecule has 0 fully saturated rings. The van der Waals surface area contributed by atoms with E-state index < -0.39 is 28.7 Å². The molecular weight excluding hydrogens is 673 g/mol. The van der Waals surface area contributed by atoms with Crippen LogP contribution >= 0.6 is 11.6 Å². The summed E-state index contributed by atoms with van der Waals surface area (Å²) in [6.45, 7) is 4.16. The second kappa shape index (κ2) is 21.5. The summed E-state index contributed by atoms with van der Waals surface area (Å²) >= 11 is 5.61. The number of anilines is 2. The molecule has 3 amide bonds. The van der Waals surface area contributed by atoms with Crippen molar-refractivity contribution in [1.82, 2.24) is 10.3 Å². The highest BCUT2D eigenvalue weighted by Crippen LogP contribution is 2.36. The number of hydrogen-bond acceptors (Lipinski definition) is 9. The van der Waals surface area contributed by atoms with Gasteiger partial charge in [0.25, 0.3) is 5.91 Å². The van der Waals surface area contributed by atoms with Crippen LogP contribution in [0.5, 0.6) is 11.5 Å². The zero-order valence-electron chi connectivity index (χ0n) is 26.4. The second-order valence-corrected chi connectivity index (χ2v) is 10.1. The standard InChI is InChI=1S/C33H36ClF3N4O8/c1-2-12-44-14-16-46-18-20-48-21-19-47-17-15-45-13-11-39-31(42)30-23-27(9-10-38-30)49-26-6-3-24(4-7-26)40-32(43)41-25-5-8-29(34)28(22-25)33(35,36)37/h1,3-10,22-23H,11-21H2,(H,39,42)(H2,40,41,43). The van der Waals surface area contributed by atoms with Crippen LogP contribution in [0.15, 0.2) is 60.8 Å². The Morgan fingerprint density at radius 3 is 1.94 bits per heavy atom. The fourth-order valence-electron chi connectivity index (χ4n) is 3.79. The van der Waals surface area contributed by atoms with Crippen LogP contribution in [-0.4, -0.2) is 89.5 Å². The van der Waals surface area contributed by atoms with Crippen LogP contribution in [0.1, 0.15) is 16.1 Å². The van der Waals surface area contributed by atoms with Gasteiger partial charge in [-0.3, -0.25) is 9.78 Å². The molecule has 0 spiro atoms. The van der Waals surface area contributed by atoms with E-state index in [2.05, 4.69) is 26.9 Å². The van der Waals surface area contributed by atoms with Gasteiger partial charge in [0, 0.05) is 30.2 Å². The Bertz CT molecular complexity index is 1510. The molecule has 3 aromatic rings. The number of pyridine rings is 1. The lowest BCUT2D eigenvalue weighted by Gasteiger charge is -2.12. The van der Waals surface area contributed by atoms with Gasteiger partial charge in [0.15, 0.2) is 0 Å². The summed E-state index contributed by atoms with van der Waals surface area (Å²) in [5.41, 5.74) is -0.659. The smallest absolute Gasteiger partial charge is 0.417 e. The topological polar surface area (TPSA) is 138 Å². The molecule has 16 heteroatoms. The molecule has 264 valence electrons. The van der Waals surface area contributed by atoms with Gasteiger partial charge in [-0.05, 0) is 48.5 Å². The van der Waals surface area contributed by atoms with Crippen molar-refractivity contribution >= 4 is 34.9 Å². The second-order valence-electron chi connectivity index (χ2n) is 9.74. The number of carbonyl (C=O) groups excluding carboxylic acids is 2. The third-order valence-electron chi connectivity index (χ3n) is 6.05. The monoisotopic (exact) mass is 708 g/mol. The van der Waals surface area contributed by atoms with Crippen molar-refractivity contribution < 1.29 is 51.2 Å². The van der Waals surface area contributed by atoms with Gasteiger partial charge < -0.3 is 44.4 Å². The van der Waals surface area contributed by atoms with Crippen LogP contribution in [0.3, 0.4) is 0 Å². The molecule has 1 heterocycles. The zero-order chi connectivity index (χ0) is 35.3. The molecule has 12 nitrogen and oxygen atoms in total. The number of carbonyl (C=O) groups is 2. The summed E-state index contributed by atoms with van der Waals surface area (Å²) in [7, 11) is 0. The largest absolute Gasteiger partial charge is 0.457 e. The molecule has 0 unspecified atom stereocenters. The molecule has 0 atom stereocenters. The summed E-state index contributed by atoms with van der Waals surface area (Å²) in [4.78, 5) is 28.9. The van der Waals surface area contributed by atoms with E-state index in [-0.39, 0.29) is 31.1 Å². The number of urea groups is 1. The molecule has 3 rings (SSSR count). The number of ether oxygens (including phenoxy) is 6. The SMILES string of the molecule is C#CCOCCOCCOCCOCCOCCNC(=O)c1cc(Oc2ccc(NC(=O)Nc3ccc(Cl)c(C(F)(F)F)c3)cc2)ccn1. The Morgan fingerprint density at radius 2 is 1.33 bits per heavy atom. The highest BCUT2D eigenvalue weighted by Gasteiger charge is 2.33. The fraction of sp³-hybridized carbons (Fsp3) is 0.364. The van der Waals surface area contributed by atoms with Gasteiger partial charge in [0.2, 0.25) is 0 Å². The van der Waals surface area contributed by atoms with E-state index in [0.29, 0.717) is 70.0 Å². The number of hydrogen-bond donors (Lipinski definition) is 3. The quantitative estimate of drug-likeness (QED) is 0.0949. The molecule has 0 saturated carbocycles. The first-order chi connectivity index (χ1) is 23.7. The molecule has 0 aliphatic carbocycles. The minimum Gasteiger partial charge on any atom is -0.457 e. The van der Waals surface area contributed by atoms with E-state index in [4.69, 9.17) is 46.4 Å².